The molecule has 0 fully saturated rings. The van der Waals surface area contributed by atoms with E-state index in [9.17, 15) is 19.2 Å². The molecule has 0 aliphatic rings. The Morgan fingerprint density at radius 1 is 1.04 bits per heavy atom. The Morgan fingerprint density at radius 3 is 2.59 bits per heavy atom. The van der Waals surface area contributed by atoms with Crippen molar-refractivity contribution in [2.75, 3.05) is 11.9 Å². The van der Waals surface area contributed by atoms with Crippen molar-refractivity contribution in [2.24, 2.45) is 0 Å². The number of para-hydroxylation sites is 1. The number of aromatic nitrogens is 1. The predicted molar refractivity (Wildman–Crippen MR) is 99.9 cm³/mol. The van der Waals surface area contributed by atoms with Gasteiger partial charge in [0.2, 0.25) is 5.56 Å². The van der Waals surface area contributed by atoms with Gasteiger partial charge in [-0.05, 0) is 25.1 Å². The fraction of sp³-hybridized carbons (Fsp3) is 0.100. The van der Waals surface area contributed by atoms with E-state index >= 15 is 0 Å². The summed E-state index contributed by atoms with van der Waals surface area (Å²) in [5, 5.41) is 3.08. The summed E-state index contributed by atoms with van der Waals surface area (Å²) in [6, 6.07) is 14.4. The number of benzene rings is 2. The summed E-state index contributed by atoms with van der Waals surface area (Å²) in [5.41, 5.74) is 1.03. The highest BCUT2D eigenvalue weighted by molar-refractivity contribution is 6.04. The molecule has 0 saturated heterocycles. The van der Waals surface area contributed by atoms with Gasteiger partial charge in [-0.2, -0.15) is 0 Å². The number of nitrogens with one attached hydrogen (secondary N) is 2. The van der Waals surface area contributed by atoms with E-state index < -0.39 is 24.0 Å². The number of pyridine rings is 1. The van der Waals surface area contributed by atoms with Crippen LogP contribution >= 0.6 is 0 Å². The normalized spacial score (nSPS) is 10.4. The van der Waals surface area contributed by atoms with Crippen LogP contribution in [-0.2, 0) is 9.53 Å². The van der Waals surface area contributed by atoms with Gasteiger partial charge >= 0.3 is 5.97 Å². The molecule has 27 heavy (non-hydrogen) atoms. The number of carbonyl (C=O) groups excluding carboxylic acids is 3. The van der Waals surface area contributed by atoms with Gasteiger partial charge in [-0.25, -0.2) is 4.79 Å². The average Bonchev–Trinajstić information content (AvgIpc) is 2.65. The number of esters is 1. The maximum Gasteiger partial charge on any atom is 0.339 e. The number of H-pyrrole nitrogens is 1. The number of anilines is 1. The number of amides is 1. The van der Waals surface area contributed by atoms with Crippen molar-refractivity contribution in [1.29, 1.82) is 0 Å². The molecule has 7 heteroatoms. The van der Waals surface area contributed by atoms with E-state index in [0.29, 0.717) is 22.2 Å². The number of aromatic amines is 1. The number of ketones is 1. The maximum absolute atomic E-state index is 12.3. The molecule has 1 amide bonds. The Balaban J connectivity index is 1.69. The van der Waals surface area contributed by atoms with Gasteiger partial charge in [-0.3, -0.25) is 14.4 Å². The molecule has 7 nitrogen and oxygen atoms in total. The van der Waals surface area contributed by atoms with Crippen LogP contribution in [0.3, 0.4) is 0 Å². The molecule has 0 saturated carbocycles. The van der Waals surface area contributed by atoms with Gasteiger partial charge in [0.25, 0.3) is 5.91 Å². The number of rotatable bonds is 5. The Morgan fingerprint density at radius 2 is 1.81 bits per heavy atom. The summed E-state index contributed by atoms with van der Waals surface area (Å²) in [7, 11) is 0. The third kappa shape index (κ3) is 4.27. The van der Waals surface area contributed by atoms with Crippen LogP contribution in [0.2, 0.25) is 0 Å². The van der Waals surface area contributed by atoms with Crippen molar-refractivity contribution in [2.45, 2.75) is 6.92 Å². The van der Waals surface area contributed by atoms with Crippen LogP contribution in [0.15, 0.2) is 59.4 Å². The molecule has 0 unspecified atom stereocenters. The first kappa shape index (κ1) is 18.1. The fourth-order valence-corrected chi connectivity index (χ4v) is 2.60. The van der Waals surface area contributed by atoms with Gasteiger partial charge in [-0.15, -0.1) is 0 Å². The Bertz CT molecular complexity index is 1100. The van der Waals surface area contributed by atoms with E-state index in [1.165, 1.54) is 13.0 Å². The van der Waals surface area contributed by atoms with Crippen molar-refractivity contribution in [3.63, 3.8) is 0 Å². The Kier molecular flexibility index (Phi) is 5.12. The molecule has 0 bridgehead atoms. The van der Waals surface area contributed by atoms with E-state index in [2.05, 4.69) is 10.3 Å². The minimum atomic E-state index is -0.773. The molecule has 1 aromatic heterocycles. The first-order valence-electron chi connectivity index (χ1n) is 8.14. The summed E-state index contributed by atoms with van der Waals surface area (Å²) in [5.74, 6) is -1.46. The largest absolute Gasteiger partial charge is 0.452 e. The second-order valence-electron chi connectivity index (χ2n) is 5.85. The molecule has 2 N–H and O–H groups in total. The van der Waals surface area contributed by atoms with Gasteiger partial charge in [0.05, 0.1) is 5.56 Å². The van der Waals surface area contributed by atoms with E-state index in [-0.39, 0.29) is 11.3 Å². The van der Waals surface area contributed by atoms with Crippen LogP contribution < -0.4 is 10.9 Å². The summed E-state index contributed by atoms with van der Waals surface area (Å²) in [4.78, 5) is 50.0. The zero-order valence-corrected chi connectivity index (χ0v) is 14.4. The third-order valence-electron chi connectivity index (χ3n) is 3.86. The predicted octanol–water partition coefficient (Wildman–Crippen LogP) is 2.53. The van der Waals surface area contributed by atoms with Crippen molar-refractivity contribution >= 4 is 34.3 Å². The lowest BCUT2D eigenvalue weighted by molar-refractivity contribution is -0.119. The minimum absolute atomic E-state index is 0.0840. The molecule has 136 valence electrons. The highest BCUT2D eigenvalue weighted by Gasteiger charge is 2.15. The number of Topliss-reactive ketones (excluding diaryl/α,β-unsaturated/α-hetero) is 1. The molecule has 0 aliphatic carbocycles. The molecular formula is C20H16N2O5. The van der Waals surface area contributed by atoms with Crippen molar-refractivity contribution < 1.29 is 19.1 Å². The number of carbonyl (C=O) groups is 3. The molecule has 1 heterocycles. The first-order valence-corrected chi connectivity index (χ1v) is 8.14. The molecule has 3 aromatic rings. The lowest BCUT2D eigenvalue weighted by atomic mass is 10.1. The number of hydrogen-bond donors (Lipinski definition) is 2. The third-order valence-corrected chi connectivity index (χ3v) is 3.86. The quantitative estimate of drug-likeness (QED) is 0.535. The molecule has 0 radical (unpaired) electrons. The molecule has 0 aliphatic heterocycles. The number of ether oxygens (including phenoxy) is 1. The number of hydrogen-bond acceptors (Lipinski definition) is 5. The van der Waals surface area contributed by atoms with Crippen molar-refractivity contribution in [1.82, 2.24) is 4.98 Å². The molecular weight excluding hydrogens is 348 g/mol. The van der Waals surface area contributed by atoms with Gasteiger partial charge in [0, 0.05) is 28.2 Å². The summed E-state index contributed by atoms with van der Waals surface area (Å²) in [6.45, 7) is 0.902. The lowest BCUT2D eigenvalue weighted by Gasteiger charge is -2.09. The maximum atomic E-state index is 12.3. The molecule has 0 atom stereocenters. The Hall–Kier alpha value is -3.74. The second kappa shape index (κ2) is 7.65. The number of fused-ring (bicyclic) bond motifs is 1. The average molecular weight is 364 g/mol. The van der Waals surface area contributed by atoms with Gasteiger partial charge in [0.15, 0.2) is 12.4 Å². The molecule has 2 aromatic carbocycles. The van der Waals surface area contributed by atoms with Crippen LogP contribution in [-0.4, -0.2) is 29.3 Å². The van der Waals surface area contributed by atoms with Crippen LogP contribution in [0.4, 0.5) is 5.69 Å². The van der Waals surface area contributed by atoms with E-state index in [0.717, 1.165) is 6.07 Å². The summed E-state index contributed by atoms with van der Waals surface area (Å²) >= 11 is 0. The first-order chi connectivity index (χ1) is 12.9. The van der Waals surface area contributed by atoms with Crippen LogP contribution in [0.25, 0.3) is 10.9 Å². The zero-order valence-electron chi connectivity index (χ0n) is 14.4. The molecule has 0 spiro atoms. The van der Waals surface area contributed by atoms with Gasteiger partial charge in [0.1, 0.15) is 0 Å². The second-order valence-corrected chi connectivity index (χ2v) is 5.85. The van der Waals surface area contributed by atoms with E-state index in [4.69, 9.17) is 4.74 Å². The van der Waals surface area contributed by atoms with Gasteiger partial charge in [-0.1, -0.05) is 30.3 Å². The van der Waals surface area contributed by atoms with Crippen LogP contribution in [0.5, 0.6) is 0 Å². The zero-order chi connectivity index (χ0) is 19.4. The van der Waals surface area contributed by atoms with Crippen LogP contribution in [0.1, 0.15) is 27.6 Å². The molecule has 3 rings (SSSR count). The minimum Gasteiger partial charge on any atom is -0.452 e. The summed E-state index contributed by atoms with van der Waals surface area (Å²) in [6.07, 6.45) is 0. The standard InChI is InChI=1S/C20H16N2O5/c1-12(23)13-5-4-6-14(9-13)21-19(25)11-27-20(26)16-10-18(24)22-17-8-3-2-7-15(16)17/h2-10H,11H2,1H3,(H,21,25)(H,22,24). The van der Waals surface area contributed by atoms with Gasteiger partial charge < -0.3 is 15.0 Å². The highest BCUT2D eigenvalue weighted by Crippen LogP contribution is 2.16. The van der Waals surface area contributed by atoms with Crippen molar-refractivity contribution in [3.8, 4) is 0 Å². The topological polar surface area (TPSA) is 105 Å². The smallest absolute Gasteiger partial charge is 0.339 e. The van der Waals surface area contributed by atoms with E-state index in [1.807, 2.05) is 0 Å². The summed E-state index contributed by atoms with van der Waals surface area (Å²) < 4.78 is 5.03. The Labute approximate surface area is 154 Å². The van der Waals surface area contributed by atoms with Crippen LogP contribution in [0, 0.1) is 0 Å². The lowest BCUT2D eigenvalue weighted by Crippen LogP contribution is -2.22. The fourth-order valence-electron chi connectivity index (χ4n) is 2.60. The highest BCUT2D eigenvalue weighted by atomic mass is 16.5. The SMILES string of the molecule is CC(=O)c1cccc(NC(=O)COC(=O)c2cc(=O)[nH]c3ccccc23)c1. The van der Waals surface area contributed by atoms with Crippen molar-refractivity contribution in [3.05, 3.63) is 76.1 Å². The van der Waals surface area contributed by atoms with E-state index in [1.54, 1.807) is 42.5 Å². The monoisotopic (exact) mass is 364 g/mol.